The van der Waals surface area contributed by atoms with Gasteiger partial charge in [-0.1, -0.05) is 46.3 Å². The van der Waals surface area contributed by atoms with Crippen LogP contribution in [0.2, 0.25) is 0 Å². The maximum Gasteiger partial charge on any atom is 0.257 e. The normalized spacial score (nSPS) is 10.7. The first-order valence-corrected chi connectivity index (χ1v) is 9.23. The quantitative estimate of drug-likeness (QED) is 0.609. The number of rotatable bonds is 5. The number of imidazole rings is 1. The van der Waals surface area contributed by atoms with Crippen LogP contribution in [0.3, 0.4) is 0 Å². The van der Waals surface area contributed by atoms with Crippen molar-refractivity contribution in [3.63, 3.8) is 0 Å². The number of carbonyl (C=O) groups is 1. The van der Waals surface area contributed by atoms with Gasteiger partial charge in [0, 0.05) is 23.0 Å². The van der Waals surface area contributed by atoms with E-state index in [4.69, 9.17) is 0 Å². The summed E-state index contributed by atoms with van der Waals surface area (Å²) in [5, 5.41) is 3.53. The zero-order chi connectivity index (χ0) is 17.8. The molecule has 5 heteroatoms. The van der Waals surface area contributed by atoms with Crippen LogP contribution < -0.4 is 5.32 Å². The highest BCUT2D eigenvalue weighted by molar-refractivity contribution is 9.08. The number of aromatic amines is 1. The Bertz CT molecular complexity index is 901. The van der Waals surface area contributed by atoms with Crippen LogP contribution in [0, 0.1) is 13.8 Å². The maximum absolute atomic E-state index is 12.3. The minimum absolute atomic E-state index is 0.171. The average molecular weight is 398 g/mol. The molecule has 0 aliphatic rings. The van der Waals surface area contributed by atoms with Crippen molar-refractivity contribution in [2.75, 3.05) is 5.32 Å². The Morgan fingerprint density at radius 2 is 1.96 bits per heavy atom. The Hall–Kier alpha value is -2.40. The second kappa shape index (κ2) is 7.66. The fourth-order valence-electron chi connectivity index (χ4n) is 2.62. The highest BCUT2D eigenvalue weighted by Crippen LogP contribution is 2.15. The maximum atomic E-state index is 12.3. The molecule has 1 amide bonds. The number of hydrogen-bond donors (Lipinski definition) is 2. The molecule has 0 saturated heterocycles. The van der Waals surface area contributed by atoms with Crippen molar-refractivity contribution < 1.29 is 4.79 Å². The molecule has 1 aromatic heterocycles. The van der Waals surface area contributed by atoms with E-state index in [-0.39, 0.29) is 5.91 Å². The van der Waals surface area contributed by atoms with Crippen molar-refractivity contribution in [1.82, 2.24) is 9.97 Å². The van der Waals surface area contributed by atoms with Crippen molar-refractivity contribution in [2.24, 2.45) is 0 Å². The van der Waals surface area contributed by atoms with Crippen molar-refractivity contribution in [3.8, 4) is 0 Å². The van der Waals surface area contributed by atoms with Gasteiger partial charge in [0.15, 0.2) is 0 Å². The summed E-state index contributed by atoms with van der Waals surface area (Å²) in [6, 6.07) is 13.9. The van der Waals surface area contributed by atoms with Crippen LogP contribution in [0.4, 0.5) is 5.95 Å². The van der Waals surface area contributed by atoms with Gasteiger partial charge in [-0.05, 0) is 48.2 Å². The molecule has 0 radical (unpaired) electrons. The average Bonchev–Trinajstić information content (AvgIpc) is 3.05. The number of nitrogens with one attached hydrogen (secondary N) is 2. The number of halogens is 1. The summed E-state index contributed by atoms with van der Waals surface area (Å²) in [6.45, 7) is 4.21. The highest BCUT2D eigenvalue weighted by Gasteiger charge is 2.09. The summed E-state index contributed by atoms with van der Waals surface area (Å²) in [4.78, 5) is 19.8. The van der Waals surface area contributed by atoms with Crippen LogP contribution in [-0.4, -0.2) is 15.9 Å². The standard InChI is InChI=1S/C20H20BrN3O/c1-13-6-7-15(8-14(13)2)10-18-12-22-20(23-18)24-19(25)17-5-3-4-16(9-17)11-21/h3-9,12H,10-11H2,1-2H3,(H2,22,23,24,25). The summed E-state index contributed by atoms with van der Waals surface area (Å²) in [5.74, 6) is 0.294. The van der Waals surface area contributed by atoms with Crippen molar-refractivity contribution in [2.45, 2.75) is 25.6 Å². The highest BCUT2D eigenvalue weighted by atomic mass is 79.9. The Morgan fingerprint density at radius 1 is 1.12 bits per heavy atom. The number of aromatic nitrogens is 2. The number of alkyl halides is 1. The molecule has 128 valence electrons. The lowest BCUT2D eigenvalue weighted by Crippen LogP contribution is -2.13. The SMILES string of the molecule is Cc1ccc(Cc2cnc(NC(=O)c3cccc(CBr)c3)[nH]2)cc1C. The monoisotopic (exact) mass is 397 g/mol. The molecule has 0 aliphatic carbocycles. The number of aryl methyl sites for hydroxylation is 2. The summed E-state index contributed by atoms with van der Waals surface area (Å²) >= 11 is 3.40. The minimum atomic E-state index is -0.171. The van der Waals surface area contributed by atoms with Crippen LogP contribution in [0.1, 0.15) is 38.3 Å². The van der Waals surface area contributed by atoms with E-state index in [0.717, 1.165) is 23.0 Å². The van der Waals surface area contributed by atoms with E-state index in [9.17, 15) is 4.79 Å². The minimum Gasteiger partial charge on any atom is -0.328 e. The topological polar surface area (TPSA) is 57.8 Å². The van der Waals surface area contributed by atoms with E-state index in [2.05, 4.69) is 63.3 Å². The number of benzene rings is 2. The van der Waals surface area contributed by atoms with Gasteiger partial charge in [0.05, 0.1) is 6.20 Å². The summed E-state index contributed by atoms with van der Waals surface area (Å²) in [7, 11) is 0. The van der Waals surface area contributed by atoms with E-state index >= 15 is 0 Å². The number of amides is 1. The summed E-state index contributed by atoms with van der Waals surface area (Å²) < 4.78 is 0. The molecule has 0 unspecified atom stereocenters. The predicted molar refractivity (Wildman–Crippen MR) is 104 cm³/mol. The third-order valence-electron chi connectivity index (χ3n) is 4.17. The van der Waals surface area contributed by atoms with Crippen molar-refractivity contribution in [3.05, 3.63) is 82.2 Å². The Balaban J connectivity index is 1.68. The fraction of sp³-hybridized carbons (Fsp3) is 0.200. The lowest BCUT2D eigenvalue weighted by atomic mass is 10.0. The lowest BCUT2D eigenvalue weighted by molar-refractivity contribution is 0.102. The molecular weight excluding hydrogens is 378 g/mol. The van der Waals surface area contributed by atoms with Crippen LogP contribution >= 0.6 is 15.9 Å². The number of anilines is 1. The molecule has 0 spiro atoms. The molecule has 3 rings (SSSR count). The lowest BCUT2D eigenvalue weighted by Gasteiger charge is -2.05. The second-order valence-electron chi connectivity index (χ2n) is 6.14. The molecular formula is C20H20BrN3O. The zero-order valence-corrected chi connectivity index (χ0v) is 15.9. The molecule has 0 bridgehead atoms. The van der Waals surface area contributed by atoms with Crippen LogP contribution in [0.25, 0.3) is 0 Å². The van der Waals surface area contributed by atoms with Gasteiger partial charge < -0.3 is 4.98 Å². The first kappa shape index (κ1) is 17.4. The first-order valence-electron chi connectivity index (χ1n) is 8.11. The number of carbonyl (C=O) groups excluding carboxylic acids is 1. The van der Waals surface area contributed by atoms with Crippen LogP contribution in [0.15, 0.2) is 48.7 Å². The van der Waals surface area contributed by atoms with E-state index < -0.39 is 0 Å². The molecule has 0 aliphatic heterocycles. The van der Waals surface area contributed by atoms with Crippen molar-refractivity contribution in [1.29, 1.82) is 0 Å². The third kappa shape index (κ3) is 4.37. The van der Waals surface area contributed by atoms with Gasteiger partial charge >= 0.3 is 0 Å². The van der Waals surface area contributed by atoms with E-state index in [1.165, 1.54) is 16.7 Å². The second-order valence-corrected chi connectivity index (χ2v) is 6.70. The molecule has 2 N–H and O–H groups in total. The number of hydrogen-bond acceptors (Lipinski definition) is 2. The van der Waals surface area contributed by atoms with Crippen molar-refractivity contribution >= 4 is 27.8 Å². The van der Waals surface area contributed by atoms with Crippen LogP contribution in [0.5, 0.6) is 0 Å². The zero-order valence-electron chi connectivity index (χ0n) is 14.3. The Kier molecular flexibility index (Phi) is 5.34. The van der Waals surface area contributed by atoms with Gasteiger partial charge in [0.2, 0.25) is 5.95 Å². The fourth-order valence-corrected chi connectivity index (χ4v) is 2.97. The number of nitrogens with zero attached hydrogens (tertiary/aromatic N) is 1. The smallest absolute Gasteiger partial charge is 0.257 e. The molecule has 25 heavy (non-hydrogen) atoms. The van der Waals surface area contributed by atoms with Crippen LogP contribution in [-0.2, 0) is 11.8 Å². The Morgan fingerprint density at radius 3 is 2.72 bits per heavy atom. The van der Waals surface area contributed by atoms with E-state index in [1.54, 1.807) is 12.3 Å². The van der Waals surface area contributed by atoms with Gasteiger partial charge in [-0.25, -0.2) is 4.98 Å². The summed E-state index contributed by atoms with van der Waals surface area (Å²) in [6.07, 6.45) is 2.52. The van der Waals surface area contributed by atoms with Gasteiger partial charge in [0.25, 0.3) is 5.91 Å². The molecule has 1 heterocycles. The van der Waals surface area contributed by atoms with E-state index in [0.29, 0.717) is 11.5 Å². The number of H-pyrrole nitrogens is 1. The Labute approximate surface area is 155 Å². The molecule has 0 atom stereocenters. The largest absolute Gasteiger partial charge is 0.328 e. The molecule has 3 aromatic rings. The molecule has 0 saturated carbocycles. The van der Waals surface area contributed by atoms with Gasteiger partial charge in [-0.3, -0.25) is 10.1 Å². The summed E-state index contributed by atoms with van der Waals surface area (Å²) in [5.41, 5.74) is 6.42. The van der Waals surface area contributed by atoms with Gasteiger partial charge in [0.1, 0.15) is 0 Å². The van der Waals surface area contributed by atoms with E-state index in [1.807, 2.05) is 18.2 Å². The van der Waals surface area contributed by atoms with Gasteiger partial charge in [-0.15, -0.1) is 0 Å². The predicted octanol–water partition coefficient (Wildman–Crippen LogP) is 4.76. The third-order valence-corrected chi connectivity index (χ3v) is 4.82. The molecule has 4 nitrogen and oxygen atoms in total. The first-order chi connectivity index (χ1) is 12.0. The van der Waals surface area contributed by atoms with Gasteiger partial charge in [-0.2, -0.15) is 0 Å². The molecule has 2 aromatic carbocycles. The molecule has 0 fully saturated rings.